The average molecular weight is 393 g/mol. The lowest BCUT2D eigenvalue weighted by Crippen LogP contribution is -2.18. The number of hydrogen-bond acceptors (Lipinski definition) is 5. The van der Waals surface area contributed by atoms with Gasteiger partial charge in [0.1, 0.15) is 11.6 Å². The highest BCUT2D eigenvalue weighted by Gasteiger charge is 2.22. The van der Waals surface area contributed by atoms with Crippen LogP contribution in [-0.2, 0) is 10.2 Å². The summed E-state index contributed by atoms with van der Waals surface area (Å²) in [6.07, 6.45) is 3.51. The number of para-hydroxylation sites is 1. The highest BCUT2D eigenvalue weighted by molar-refractivity contribution is 5.90. The second-order valence-corrected chi connectivity index (χ2v) is 7.99. The van der Waals surface area contributed by atoms with Crippen LogP contribution in [0.4, 0.5) is 5.82 Å². The lowest BCUT2D eigenvalue weighted by atomic mass is 9.92. The Kier molecular flexibility index (Phi) is 5.96. The van der Waals surface area contributed by atoms with Crippen molar-refractivity contribution in [2.45, 2.75) is 46.5 Å². The number of rotatable bonds is 6. The van der Waals surface area contributed by atoms with Crippen LogP contribution in [0.25, 0.3) is 5.95 Å². The van der Waals surface area contributed by atoms with Crippen LogP contribution in [-0.4, -0.2) is 32.3 Å². The molecule has 2 heterocycles. The molecule has 2 aromatic heterocycles. The summed E-state index contributed by atoms with van der Waals surface area (Å²) in [6.45, 7) is 10.5. The zero-order chi connectivity index (χ0) is 21.0. The van der Waals surface area contributed by atoms with Crippen molar-refractivity contribution in [3.8, 4) is 11.7 Å². The minimum Gasteiger partial charge on any atom is -0.493 e. The predicted molar refractivity (Wildman–Crippen MR) is 113 cm³/mol. The third-order valence-electron chi connectivity index (χ3n) is 4.47. The number of carbonyl (C=O) groups excluding carboxylic acids is 1. The number of carbonyl (C=O) groups is 1. The van der Waals surface area contributed by atoms with Crippen LogP contribution in [0.1, 0.15) is 44.0 Å². The number of anilines is 1. The molecule has 7 nitrogen and oxygen atoms in total. The Morgan fingerprint density at radius 2 is 1.76 bits per heavy atom. The summed E-state index contributed by atoms with van der Waals surface area (Å²) in [5.41, 5.74) is 2.77. The molecule has 0 unspecified atom stereocenters. The van der Waals surface area contributed by atoms with Gasteiger partial charge in [0.05, 0.1) is 18.7 Å². The van der Waals surface area contributed by atoms with Gasteiger partial charge in [0.25, 0.3) is 5.95 Å². The highest BCUT2D eigenvalue weighted by atomic mass is 16.5. The number of ether oxygens (including phenoxy) is 1. The second kappa shape index (κ2) is 8.43. The fourth-order valence-corrected chi connectivity index (χ4v) is 2.87. The van der Waals surface area contributed by atoms with Gasteiger partial charge in [0, 0.05) is 23.9 Å². The number of hydrogen-bond donors (Lipinski definition) is 1. The van der Waals surface area contributed by atoms with Gasteiger partial charge < -0.3 is 10.1 Å². The molecule has 0 aliphatic carbocycles. The zero-order valence-corrected chi connectivity index (χ0v) is 17.6. The van der Waals surface area contributed by atoms with Crippen LogP contribution in [0.5, 0.6) is 5.75 Å². The SMILES string of the molecule is Cc1cccc(C)c1OCCC(=O)Nc1cc(C(C)(C)C)nn1-c1ncccn1. The quantitative estimate of drug-likeness (QED) is 0.685. The first-order valence-corrected chi connectivity index (χ1v) is 9.62. The maximum Gasteiger partial charge on any atom is 0.252 e. The molecular weight excluding hydrogens is 366 g/mol. The summed E-state index contributed by atoms with van der Waals surface area (Å²) in [4.78, 5) is 21.0. The number of aryl methyl sites for hydroxylation is 2. The van der Waals surface area contributed by atoms with E-state index in [0.717, 1.165) is 22.6 Å². The van der Waals surface area contributed by atoms with Gasteiger partial charge in [-0.3, -0.25) is 4.79 Å². The summed E-state index contributed by atoms with van der Waals surface area (Å²) in [5, 5.41) is 7.52. The first kappa shape index (κ1) is 20.5. The molecule has 0 atom stereocenters. The van der Waals surface area contributed by atoms with E-state index >= 15 is 0 Å². The van der Waals surface area contributed by atoms with E-state index in [1.165, 1.54) is 0 Å². The largest absolute Gasteiger partial charge is 0.493 e. The van der Waals surface area contributed by atoms with Gasteiger partial charge in [-0.15, -0.1) is 0 Å². The van der Waals surface area contributed by atoms with Crippen molar-refractivity contribution >= 4 is 11.7 Å². The molecule has 1 amide bonds. The topological polar surface area (TPSA) is 81.9 Å². The van der Waals surface area contributed by atoms with E-state index in [0.29, 0.717) is 18.4 Å². The Balaban J connectivity index is 1.72. The fraction of sp³-hybridized carbons (Fsp3) is 0.364. The van der Waals surface area contributed by atoms with E-state index in [2.05, 4.69) is 41.2 Å². The molecule has 29 heavy (non-hydrogen) atoms. The van der Waals surface area contributed by atoms with Gasteiger partial charge in [-0.1, -0.05) is 39.0 Å². The minimum absolute atomic E-state index is 0.159. The lowest BCUT2D eigenvalue weighted by molar-refractivity contribution is -0.116. The van der Waals surface area contributed by atoms with Gasteiger partial charge in [0.15, 0.2) is 0 Å². The van der Waals surface area contributed by atoms with Crippen LogP contribution in [0.15, 0.2) is 42.7 Å². The zero-order valence-electron chi connectivity index (χ0n) is 17.6. The van der Waals surface area contributed by atoms with E-state index in [-0.39, 0.29) is 17.7 Å². The lowest BCUT2D eigenvalue weighted by Gasteiger charge is -2.13. The van der Waals surface area contributed by atoms with Crippen molar-refractivity contribution < 1.29 is 9.53 Å². The van der Waals surface area contributed by atoms with Gasteiger partial charge >= 0.3 is 0 Å². The predicted octanol–water partition coefficient (Wildman–Crippen LogP) is 3.98. The molecule has 0 aliphatic rings. The molecule has 1 aromatic carbocycles. The maximum absolute atomic E-state index is 12.5. The third-order valence-corrected chi connectivity index (χ3v) is 4.47. The molecule has 1 N–H and O–H groups in total. The molecule has 0 saturated carbocycles. The Hall–Kier alpha value is -3.22. The van der Waals surface area contributed by atoms with Gasteiger partial charge in [-0.05, 0) is 31.0 Å². The van der Waals surface area contributed by atoms with E-state index < -0.39 is 0 Å². The standard InChI is InChI=1S/C22H27N5O2/c1-15-8-6-9-16(2)20(15)29-13-10-19(28)25-18-14-17(22(3,4)5)26-27(18)21-23-11-7-12-24-21/h6-9,11-12,14H,10,13H2,1-5H3,(H,25,28). The first-order chi connectivity index (χ1) is 13.8. The smallest absolute Gasteiger partial charge is 0.252 e. The van der Waals surface area contributed by atoms with Gasteiger partial charge in [-0.2, -0.15) is 9.78 Å². The summed E-state index contributed by atoms with van der Waals surface area (Å²) >= 11 is 0. The third kappa shape index (κ3) is 4.99. The van der Waals surface area contributed by atoms with Crippen LogP contribution in [0.2, 0.25) is 0 Å². The van der Waals surface area contributed by atoms with E-state index in [4.69, 9.17) is 4.74 Å². The molecule has 7 heteroatoms. The molecule has 3 aromatic rings. The number of nitrogens with zero attached hydrogens (tertiary/aromatic N) is 4. The van der Waals surface area contributed by atoms with Crippen molar-refractivity contribution in [3.63, 3.8) is 0 Å². The average Bonchev–Trinajstić information content (AvgIpc) is 3.09. The van der Waals surface area contributed by atoms with Crippen LogP contribution >= 0.6 is 0 Å². The molecule has 0 fully saturated rings. The molecule has 0 bridgehead atoms. The number of nitrogens with one attached hydrogen (secondary N) is 1. The monoisotopic (exact) mass is 393 g/mol. The number of benzene rings is 1. The van der Waals surface area contributed by atoms with Crippen molar-refractivity contribution in [1.82, 2.24) is 19.7 Å². The van der Waals surface area contributed by atoms with Crippen molar-refractivity contribution in [3.05, 3.63) is 59.5 Å². The molecule has 152 valence electrons. The Morgan fingerprint density at radius 1 is 1.10 bits per heavy atom. The second-order valence-electron chi connectivity index (χ2n) is 7.99. The number of aromatic nitrogens is 4. The molecule has 0 saturated heterocycles. The van der Waals surface area contributed by atoms with E-state index in [9.17, 15) is 4.79 Å². The Bertz CT molecular complexity index is 970. The summed E-state index contributed by atoms with van der Waals surface area (Å²) in [6, 6.07) is 9.58. The molecular formula is C22H27N5O2. The molecule has 0 radical (unpaired) electrons. The summed E-state index contributed by atoms with van der Waals surface area (Å²) < 4.78 is 7.40. The van der Waals surface area contributed by atoms with Gasteiger partial charge in [-0.25, -0.2) is 9.97 Å². The van der Waals surface area contributed by atoms with E-state index in [1.54, 1.807) is 23.1 Å². The van der Waals surface area contributed by atoms with Crippen LogP contribution in [0.3, 0.4) is 0 Å². The summed E-state index contributed by atoms with van der Waals surface area (Å²) in [7, 11) is 0. The minimum atomic E-state index is -0.176. The fourth-order valence-electron chi connectivity index (χ4n) is 2.87. The van der Waals surface area contributed by atoms with Crippen LogP contribution in [0, 0.1) is 13.8 Å². The highest BCUT2D eigenvalue weighted by Crippen LogP contribution is 2.26. The maximum atomic E-state index is 12.5. The molecule has 0 aliphatic heterocycles. The van der Waals surface area contributed by atoms with E-state index in [1.807, 2.05) is 38.1 Å². The normalized spacial score (nSPS) is 11.3. The Morgan fingerprint density at radius 3 is 2.38 bits per heavy atom. The van der Waals surface area contributed by atoms with Crippen molar-refractivity contribution in [2.75, 3.05) is 11.9 Å². The number of amides is 1. The van der Waals surface area contributed by atoms with Gasteiger partial charge in [0.2, 0.25) is 5.91 Å². The molecule has 0 spiro atoms. The first-order valence-electron chi connectivity index (χ1n) is 9.62. The van der Waals surface area contributed by atoms with Crippen molar-refractivity contribution in [1.29, 1.82) is 0 Å². The van der Waals surface area contributed by atoms with Crippen LogP contribution < -0.4 is 10.1 Å². The molecule has 3 rings (SSSR count). The Labute approximate surface area is 171 Å². The summed E-state index contributed by atoms with van der Waals surface area (Å²) in [5.74, 6) is 1.62. The van der Waals surface area contributed by atoms with Crippen molar-refractivity contribution in [2.24, 2.45) is 0 Å².